The summed E-state index contributed by atoms with van der Waals surface area (Å²) in [6, 6.07) is 7.52. The van der Waals surface area contributed by atoms with Crippen LogP contribution in [0.2, 0.25) is 0 Å². The Labute approximate surface area is 184 Å². The lowest BCUT2D eigenvalue weighted by molar-refractivity contribution is -0.0389. The Balaban J connectivity index is 1.33. The first-order valence-corrected chi connectivity index (χ1v) is 11.5. The van der Waals surface area contributed by atoms with Crippen LogP contribution in [0, 0.1) is 0 Å². The molecule has 5 N–H and O–H groups in total. The van der Waals surface area contributed by atoms with E-state index in [0.717, 1.165) is 66.3 Å². The Kier molecular flexibility index (Phi) is 5.47. The molecule has 0 atom stereocenters. The van der Waals surface area contributed by atoms with Gasteiger partial charge in [-0.2, -0.15) is 4.98 Å². The number of ether oxygens (including phenoxy) is 1. The van der Waals surface area contributed by atoms with Crippen LogP contribution in [0.1, 0.15) is 37.1 Å². The minimum atomic E-state index is -0.757. The smallest absolute Gasteiger partial charge is 0.230 e. The molecule has 2 aliphatic rings. The molecule has 3 aromatic rings. The third-order valence-electron chi connectivity index (χ3n) is 5.78. The van der Waals surface area contributed by atoms with E-state index in [0.29, 0.717) is 17.5 Å². The molecule has 1 aliphatic carbocycles. The van der Waals surface area contributed by atoms with E-state index in [9.17, 15) is 5.11 Å². The summed E-state index contributed by atoms with van der Waals surface area (Å²) in [4.78, 5) is 14.2. The van der Waals surface area contributed by atoms with Gasteiger partial charge in [0, 0.05) is 29.8 Å². The largest absolute Gasteiger partial charge is 0.474 e. The van der Waals surface area contributed by atoms with Gasteiger partial charge in [-0.15, -0.1) is 11.3 Å². The van der Waals surface area contributed by atoms with Gasteiger partial charge in [-0.05, 0) is 69.0 Å². The molecule has 1 aromatic carbocycles. The summed E-state index contributed by atoms with van der Waals surface area (Å²) in [5.41, 5.74) is 7.75. The number of aliphatic hydroxyl groups is 1. The topological polar surface area (TPSA) is 118 Å². The van der Waals surface area contributed by atoms with E-state index in [1.807, 2.05) is 18.2 Å². The molecule has 0 bridgehead atoms. The highest BCUT2D eigenvalue weighted by atomic mass is 32.1. The maximum Gasteiger partial charge on any atom is 0.230 e. The standard InChI is InChI=1S/C22H26N6O2S/c23-15-10-14(18-13-26-20(31-18)22(29)5-1-6-22)11-16(12-15)27-21-25-9-4-19(28-21)30-17-2-7-24-8-3-17/h4,9-13,17,24,29H,1-3,5-8,23H2,(H,25,27,28). The van der Waals surface area contributed by atoms with Gasteiger partial charge in [0.05, 0.1) is 4.88 Å². The average Bonchev–Trinajstić information content (AvgIpc) is 3.23. The van der Waals surface area contributed by atoms with E-state index in [4.69, 9.17) is 10.5 Å². The lowest BCUT2D eigenvalue weighted by Gasteiger charge is -2.34. The fourth-order valence-electron chi connectivity index (χ4n) is 3.90. The zero-order valence-electron chi connectivity index (χ0n) is 17.2. The Bertz CT molecular complexity index is 1060. The second-order valence-corrected chi connectivity index (χ2v) is 9.20. The van der Waals surface area contributed by atoms with Crippen molar-refractivity contribution in [3.8, 4) is 16.3 Å². The summed E-state index contributed by atoms with van der Waals surface area (Å²) in [6.45, 7) is 1.92. The summed E-state index contributed by atoms with van der Waals surface area (Å²) in [6.07, 6.45) is 8.20. The van der Waals surface area contributed by atoms with Crippen LogP contribution in [0.4, 0.5) is 17.3 Å². The van der Waals surface area contributed by atoms with Crippen molar-refractivity contribution in [2.75, 3.05) is 24.1 Å². The van der Waals surface area contributed by atoms with E-state index in [1.54, 1.807) is 18.5 Å². The van der Waals surface area contributed by atoms with Crippen molar-refractivity contribution < 1.29 is 9.84 Å². The van der Waals surface area contributed by atoms with Gasteiger partial charge in [0.1, 0.15) is 16.7 Å². The number of nitrogens with zero attached hydrogens (tertiary/aromatic N) is 3. The van der Waals surface area contributed by atoms with Crippen LogP contribution in [0.15, 0.2) is 36.7 Å². The van der Waals surface area contributed by atoms with Gasteiger partial charge >= 0.3 is 0 Å². The van der Waals surface area contributed by atoms with Crippen LogP contribution in [0.5, 0.6) is 5.88 Å². The third-order valence-corrected chi connectivity index (χ3v) is 7.02. The maximum absolute atomic E-state index is 10.6. The number of rotatable bonds is 6. The van der Waals surface area contributed by atoms with E-state index in [2.05, 4.69) is 25.6 Å². The van der Waals surface area contributed by atoms with Crippen LogP contribution < -0.4 is 21.1 Å². The number of nitrogens with two attached hydrogens (primary N) is 1. The second-order valence-electron chi connectivity index (χ2n) is 8.17. The Morgan fingerprint density at radius 3 is 2.81 bits per heavy atom. The fourth-order valence-corrected chi connectivity index (χ4v) is 4.94. The molecule has 5 rings (SSSR count). The van der Waals surface area contributed by atoms with Gasteiger partial charge in [0.25, 0.3) is 0 Å². The van der Waals surface area contributed by atoms with E-state index in [1.165, 1.54) is 11.3 Å². The lowest BCUT2D eigenvalue weighted by Crippen LogP contribution is -2.34. The van der Waals surface area contributed by atoms with Crippen molar-refractivity contribution in [1.82, 2.24) is 20.3 Å². The zero-order chi connectivity index (χ0) is 21.3. The molecule has 9 heteroatoms. The predicted octanol–water partition coefficient (Wildman–Crippen LogP) is 3.43. The number of anilines is 3. The van der Waals surface area contributed by atoms with Crippen LogP contribution in [0.3, 0.4) is 0 Å². The average molecular weight is 439 g/mol. The highest BCUT2D eigenvalue weighted by Gasteiger charge is 2.39. The fraction of sp³-hybridized carbons (Fsp3) is 0.409. The molecule has 1 saturated heterocycles. The summed E-state index contributed by atoms with van der Waals surface area (Å²) < 4.78 is 6.02. The minimum absolute atomic E-state index is 0.175. The normalized spacial score (nSPS) is 18.4. The van der Waals surface area contributed by atoms with Crippen LogP contribution in [-0.2, 0) is 5.60 Å². The van der Waals surface area contributed by atoms with Crippen molar-refractivity contribution in [3.63, 3.8) is 0 Å². The summed E-state index contributed by atoms with van der Waals surface area (Å²) in [5.74, 6) is 1.02. The first-order valence-electron chi connectivity index (χ1n) is 10.6. The number of thiazole rings is 1. The SMILES string of the molecule is Nc1cc(Nc2nccc(OC3CCNCC3)n2)cc(-c2cnc(C3(O)CCC3)s2)c1. The van der Waals surface area contributed by atoms with Gasteiger partial charge in [0.2, 0.25) is 11.8 Å². The molecule has 0 unspecified atom stereocenters. The minimum Gasteiger partial charge on any atom is -0.474 e. The molecular weight excluding hydrogens is 412 g/mol. The van der Waals surface area contributed by atoms with Gasteiger partial charge in [-0.25, -0.2) is 9.97 Å². The first kappa shape index (κ1) is 20.2. The van der Waals surface area contributed by atoms with Crippen molar-refractivity contribution in [2.45, 2.75) is 43.8 Å². The molecule has 0 spiro atoms. The highest BCUT2D eigenvalue weighted by molar-refractivity contribution is 7.15. The first-order chi connectivity index (χ1) is 15.1. The van der Waals surface area contributed by atoms with Gasteiger partial charge in [-0.3, -0.25) is 0 Å². The molecular formula is C22H26N6O2S. The van der Waals surface area contributed by atoms with Crippen molar-refractivity contribution in [2.24, 2.45) is 0 Å². The summed E-state index contributed by atoms with van der Waals surface area (Å²) >= 11 is 1.51. The Morgan fingerprint density at radius 1 is 1.19 bits per heavy atom. The monoisotopic (exact) mass is 438 g/mol. The molecule has 2 fully saturated rings. The highest BCUT2D eigenvalue weighted by Crippen LogP contribution is 2.44. The second kappa shape index (κ2) is 8.41. The Morgan fingerprint density at radius 2 is 2.03 bits per heavy atom. The molecule has 0 amide bonds. The molecule has 0 radical (unpaired) electrons. The van der Waals surface area contributed by atoms with Gasteiger partial charge in [-0.1, -0.05) is 0 Å². The number of piperidine rings is 1. The van der Waals surface area contributed by atoms with Crippen molar-refractivity contribution in [3.05, 3.63) is 41.7 Å². The molecule has 31 heavy (non-hydrogen) atoms. The van der Waals surface area contributed by atoms with Gasteiger partial charge in [0.15, 0.2) is 0 Å². The maximum atomic E-state index is 10.6. The number of nitrogen functional groups attached to an aromatic ring is 1. The summed E-state index contributed by atoms with van der Waals surface area (Å²) in [5, 5.41) is 17.9. The number of benzene rings is 1. The van der Waals surface area contributed by atoms with E-state index < -0.39 is 5.60 Å². The molecule has 8 nitrogen and oxygen atoms in total. The number of aromatic nitrogens is 3. The molecule has 2 aromatic heterocycles. The molecule has 1 saturated carbocycles. The summed E-state index contributed by atoms with van der Waals surface area (Å²) in [7, 11) is 0. The van der Waals surface area contributed by atoms with Crippen LogP contribution in [-0.4, -0.2) is 39.3 Å². The van der Waals surface area contributed by atoms with Crippen molar-refractivity contribution in [1.29, 1.82) is 0 Å². The third kappa shape index (κ3) is 4.48. The quantitative estimate of drug-likeness (QED) is 0.432. The van der Waals surface area contributed by atoms with Crippen LogP contribution in [0.25, 0.3) is 10.4 Å². The molecule has 162 valence electrons. The van der Waals surface area contributed by atoms with Gasteiger partial charge < -0.3 is 26.2 Å². The molecule has 1 aliphatic heterocycles. The lowest BCUT2D eigenvalue weighted by atomic mass is 9.81. The number of hydrogen-bond donors (Lipinski definition) is 4. The number of hydrogen-bond acceptors (Lipinski definition) is 9. The van der Waals surface area contributed by atoms with E-state index >= 15 is 0 Å². The van der Waals surface area contributed by atoms with E-state index in [-0.39, 0.29) is 6.10 Å². The van der Waals surface area contributed by atoms with Crippen molar-refractivity contribution >= 4 is 28.7 Å². The zero-order valence-corrected chi connectivity index (χ0v) is 18.0. The Hall–Kier alpha value is -2.75. The predicted molar refractivity (Wildman–Crippen MR) is 122 cm³/mol. The molecule has 3 heterocycles. The van der Waals surface area contributed by atoms with Crippen LogP contribution >= 0.6 is 11.3 Å². The number of nitrogens with one attached hydrogen (secondary N) is 2.